The second-order valence-corrected chi connectivity index (χ2v) is 9.22. The van der Waals surface area contributed by atoms with Crippen LogP contribution in [0, 0.1) is 0 Å². The summed E-state index contributed by atoms with van der Waals surface area (Å²) in [5.74, 6) is 0.710. The van der Waals surface area contributed by atoms with Gasteiger partial charge in [-0.05, 0) is 54.3 Å². The molecule has 5 heterocycles. The average molecular weight is 495 g/mol. The van der Waals surface area contributed by atoms with Crippen molar-refractivity contribution in [3.05, 3.63) is 71.7 Å². The van der Waals surface area contributed by atoms with E-state index in [4.69, 9.17) is 0 Å². The number of anilines is 3. The monoisotopic (exact) mass is 494 g/mol. The van der Waals surface area contributed by atoms with Crippen LogP contribution in [0.5, 0.6) is 0 Å². The lowest BCUT2D eigenvalue weighted by atomic mass is 9.99. The number of pyridine rings is 2. The standard InChI is InChI=1S/C26H25F3N6O/c27-26(28,29)21-2-1-9-35-23(15-32-25(21)35)18-4-5-22(20-14-30-13-19(18)20)33-24-6-3-16(12-31-24)34-10-7-17(36)8-11-34/h1-6,9,12,15,17,30,36H,7-8,10-11,13-14H2,(H,31,33). The number of nitrogens with one attached hydrogen (secondary N) is 2. The third-order valence-electron chi connectivity index (χ3n) is 6.99. The Morgan fingerprint density at radius 3 is 2.53 bits per heavy atom. The van der Waals surface area contributed by atoms with E-state index in [0.717, 1.165) is 60.1 Å². The maximum atomic E-state index is 13.5. The van der Waals surface area contributed by atoms with Gasteiger partial charge in [0, 0.05) is 43.6 Å². The molecule has 36 heavy (non-hydrogen) atoms. The van der Waals surface area contributed by atoms with Crippen molar-refractivity contribution in [3.63, 3.8) is 0 Å². The van der Waals surface area contributed by atoms with Crippen molar-refractivity contribution in [1.29, 1.82) is 0 Å². The van der Waals surface area contributed by atoms with Crippen LogP contribution in [0.15, 0.2) is 55.0 Å². The summed E-state index contributed by atoms with van der Waals surface area (Å²) < 4.78 is 41.9. The van der Waals surface area contributed by atoms with Gasteiger partial charge in [-0.1, -0.05) is 6.07 Å². The lowest BCUT2D eigenvalue weighted by Crippen LogP contribution is -2.35. The molecule has 0 radical (unpaired) electrons. The lowest BCUT2D eigenvalue weighted by Gasteiger charge is -2.31. The number of nitrogens with zero attached hydrogens (tertiary/aromatic N) is 4. The summed E-state index contributed by atoms with van der Waals surface area (Å²) >= 11 is 0. The molecule has 0 aliphatic carbocycles. The predicted octanol–water partition coefficient (Wildman–Crippen LogP) is 4.72. The second kappa shape index (κ2) is 8.79. The highest BCUT2D eigenvalue weighted by Gasteiger charge is 2.34. The molecule has 0 spiro atoms. The zero-order valence-corrected chi connectivity index (χ0v) is 19.4. The van der Waals surface area contributed by atoms with E-state index in [0.29, 0.717) is 24.6 Å². The minimum Gasteiger partial charge on any atom is -0.393 e. The number of alkyl halides is 3. The van der Waals surface area contributed by atoms with Crippen LogP contribution in [0.25, 0.3) is 16.9 Å². The molecule has 4 aromatic rings. The van der Waals surface area contributed by atoms with E-state index in [1.807, 2.05) is 30.5 Å². The van der Waals surface area contributed by atoms with Gasteiger partial charge in [0.2, 0.25) is 0 Å². The van der Waals surface area contributed by atoms with Gasteiger partial charge in [0.25, 0.3) is 0 Å². The van der Waals surface area contributed by atoms with Crippen molar-refractivity contribution >= 4 is 22.8 Å². The fraction of sp³-hybridized carbons (Fsp3) is 0.308. The van der Waals surface area contributed by atoms with Crippen LogP contribution >= 0.6 is 0 Å². The van der Waals surface area contributed by atoms with Gasteiger partial charge in [-0.25, -0.2) is 9.97 Å². The van der Waals surface area contributed by atoms with Crippen molar-refractivity contribution < 1.29 is 18.3 Å². The van der Waals surface area contributed by atoms with E-state index >= 15 is 0 Å². The fourth-order valence-electron chi connectivity index (χ4n) is 5.11. The van der Waals surface area contributed by atoms with Gasteiger partial charge in [-0.15, -0.1) is 0 Å². The van der Waals surface area contributed by atoms with E-state index in [1.54, 1.807) is 6.20 Å². The Labute approximate surface area is 205 Å². The van der Waals surface area contributed by atoms with Gasteiger partial charge in [0.15, 0.2) is 0 Å². The number of fused-ring (bicyclic) bond motifs is 2. The van der Waals surface area contributed by atoms with Gasteiger partial charge in [-0.3, -0.25) is 4.40 Å². The Hall–Kier alpha value is -3.63. The molecule has 186 valence electrons. The first kappa shape index (κ1) is 22.8. The van der Waals surface area contributed by atoms with Crippen molar-refractivity contribution in [2.75, 3.05) is 23.3 Å². The van der Waals surface area contributed by atoms with Crippen LogP contribution < -0.4 is 15.5 Å². The maximum Gasteiger partial charge on any atom is 0.419 e. The summed E-state index contributed by atoms with van der Waals surface area (Å²) in [5.41, 5.74) is 4.65. The third-order valence-corrected chi connectivity index (χ3v) is 6.99. The Morgan fingerprint density at radius 1 is 0.972 bits per heavy atom. The van der Waals surface area contributed by atoms with Gasteiger partial charge >= 0.3 is 6.18 Å². The van der Waals surface area contributed by atoms with Crippen molar-refractivity contribution in [3.8, 4) is 11.3 Å². The molecule has 0 amide bonds. The summed E-state index contributed by atoms with van der Waals surface area (Å²) in [6, 6.07) is 10.3. The van der Waals surface area contributed by atoms with Crippen molar-refractivity contribution in [1.82, 2.24) is 19.7 Å². The van der Waals surface area contributed by atoms with Crippen LogP contribution in [0.4, 0.5) is 30.4 Å². The summed E-state index contributed by atoms with van der Waals surface area (Å²) in [5, 5.41) is 16.5. The molecular formula is C26H25F3N6O. The smallest absolute Gasteiger partial charge is 0.393 e. The predicted molar refractivity (Wildman–Crippen MR) is 131 cm³/mol. The number of halogens is 3. The molecule has 0 bridgehead atoms. The quantitative estimate of drug-likeness (QED) is 0.381. The molecular weight excluding hydrogens is 469 g/mol. The third kappa shape index (κ3) is 4.06. The Balaban J connectivity index is 1.29. The Morgan fingerprint density at radius 2 is 1.78 bits per heavy atom. The summed E-state index contributed by atoms with van der Waals surface area (Å²) in [7, 11) is 0. The first-order valence-electron chi connectivity index (χ1n) is 11.9. The highest BCUT2D eigenvalue weighted by molar-refractivity contribution is 5.76. The molecule has 0 unspecified atom stereocenters. The lowest BCUT2D eigenvalue weighted by molar-refractivity contribution is -0.136. The first-order chi connectivity index (χ1) is 17.4. The SMILES string of the molecule is OC1CCN(c2ccc(Nc3ccc(-c4cnc5c(C(F)(F)F)cccn45)c4c3CNC4)nc2)CC1. The van der Waals surface area contributed by atoms with Crippen LogP contribution in [-0.2, 0) is 19.3 Å². The Kier molecular flexibility index (Phi) is 5.57. The van der Waals surface area contributed by atoms with E-state index in [2.05, 4.69) is 25.5 Å². The highest BCUT2D eigenvalue weighted by atomic mass is 19.4. The first-order valence-corrected chi connectivity index (χ1v) is 11.9. The van der Waals surface area contributed by atoms with E-state index in [-0.39, 0.29) is 11.8 Å². The van der Waals surface area contributed by atoms with E-state index in [1.165, 1.54) is 16.7 Å². The van der Waals surface area contributed by atoms with Crippen LogP contribution in [0.2, 0.25) is 0 Å². The highest BCUT2D eigenvalue weighted by Crippen LogP contribution is 2.37. The molecule has 0 atom stereocenters. The molecule has 3 N–H and O–H groups in total. The summed E-state index contributed by atoms with van der Waals surface area (Å²) in [6.07, 6.45) is 1.78. The van der Waals surface area contributed by atoms with E-state index in [9.17, 15) is 18.3 Å². The minimum atomic E-state index is -4.47. The molecule has 3 aromatic heterocycles. The number of rotatable bonds is 4. The van der Waals surface area contributed by atoms with Crippen molar-refractivity contribution in [2.45, 2.75) is 38.2 Å². The summed E-state index contributed by atoms with van der Waals surface area (Å²) in [6.45, 7) is 2.87. The average Bonchev–Trinajstić information content (AvgIpc) is 3.53. The number of hydrogen-bond donors (Lipinski definition) is 3. The summed E-state index contributed by atoms with van der Waals surface area (Å²) in [4.78, 5) is 10.9. The zero-order chi connectivity index (χ0) is 24.9. The Bertz CT molecular complexity index is 1410. The number of hydrogen-bond acceptors (Lipinski definition) is 6. The topological polar surface area (TPSA) is 77.7 Å². The van der Waals surface area contributed by atoms with Gasteiger partial charge in [0.05, 0.1) is 35.4 Å². The van der Waals surface area contributed by atoms with Crippen LogP contribution in [0.1, 0.15) is 29.5 Å². The number of aromatic nitrogens is 3. The normalized spacial score (nSPS) is 16.5. The van der Waals surface area contributed by atoms with Gasteiger partial charge in [0.1, 0.15) is 11.5 Å². The van der Waals surface area contributed by atoms with Gasteiger partial charge < -0.3 is 20.6 Å². The van der Waals surface area contributed by atoms with E-state index < -0.39 is 11.7 Å². The maximum absolute atomic E-state index is 13.5. The fourth-order valence-corrected chi connectivity index (χ4v) is 5.11. The number of imidazole rings is 1. The van der Waals surface area contributed by atoms with Gasteiger partial charge in [-0.2, -0.15) is 13.2 Å². The molecule has 0 saturated carbocycles. The van der Waals surface area contributed by atoms with Crippen LogP contribution in [-0.4, -0.2) is 38.7 Å². The molecule has 10 heteroatoms. The number of aliphatic hydroxyl groups is 1. The number of benzene rings is 1. The molecule has 7 nitrogen and oxygen atoms in total. The minimum absolute atomic E-state index is 0.102. The molecule has 1 saturated heterocycles. The number of piperidine rings is 1. The largest absolute Gasteiger partial charge is 0.419 e. The molecule has 2 aliphatic heterocycles. The molecule has 1 aromatic carbocycles. The number of aliphatic hydroxyl groups excluding tert-OH is 1. The second-order valence-electron chi connectivity index (χ2n) is 9.22. The van der Waals surface area contributed by atoms with Crippen LogP contribution in [0.3, 0.4) is 0 Å². The molecule has 2 aliphatic rings. The molecule has 6 rings (SSSR count). The molecule has 1 fully saturated rings. The van der Waals surface area contributed by atoms with Crippen molar-refractivity contribution in [2.24, 2.45) is 0 Å². The zero-order valence-electron chi connectivity index (χ0n) is 19.4.